The summed E-state index contributed by atoms with van der Waals surface area (Å²) in [6, 6.07) is 8.82. The SMILES string of the molecule is C=C1c2cccc(NCCC3CC4(C3)CN(CC3CCC(c5nc6cc(C(C)(C)O)c(NC(=O)c7cnccn7)cc6s5)CC3)C4)c2C(=O)N1C1CCC(=O)NC1=O. The van der Waals surface area contributed by atoms with Gasteiger partial charge in [0, 0.05) is 79.1 Å². The number of rotatable bonds is 11. The van der Waals surface area contributed by atoms with Crippen molar-refractivity contribution in [3.05, 3.63) is 82.9 Å². The Bertz CT molecular complexity index is 2300. The Morgan fingerprint density at radius 1 is 1.05 bits per heavy atom. The predicted octanol–water partition coefficient (Wildman–Crippen LogP) is 6.29. The number of carbonyl (C=O) groups excluding carboxylic acids is 4. The number of hydrogen-bond acceptors (Lipinski definition) is 11. The summed E-state index contributed by atoms with van der Waals surface area (Å²) in [5.41, 5.74) is 4.09. The summed E-state index contributed by atoms with van der Waals surface area (Å²) in [6.45, 7) is 11.9. The number of thiazole rings is 1. The largest absolute Gasteiger partial charge is 0.386 e. The lowest BCUT2D eigenvalue weighted by molar-refractivity contribution is -0.136. The lowest BCUT2D eigenvalue weighted by Crippen LogP contribution is -2.63. The highest BCUT2D eigenvalue weighted by Crippen LogP contribution is 2.53. The van der Waals surface area contributed by atoms with Crippen LogP contribution in [0.15, 0.2) is 55.5 Å². The van der Waals surface area contributed by atoms with Crippen molar-refractivity contribution in [1.82, 2.24) is 30.1 Å². The third kappa shape index (κ3) is 7.30. The molecule has 5 aliphatic rings. The minimum Gasteiger partial charge on any atom is -0.386 e. The van der Waals surface area contributed by atoms with Crippen LogP contribution in [0, 0.1) is 17.3 Å². The molecule has 2 saturated carbocycles. The molecule has 0 bridgehead atoms. The van der Waals surface area contributed by atoms with Crippen molar-refractivity contribution < 1.29 is 24.3 Å². The van der Waals surface area contributed by atoms with Crippen LogP contribution in [0.1, 0.15) is 115 Å². The van der Waals surface area contributed by atoms with E-state index in [1.54, 1.807) is 25.2 Å². The molecule has 1 unspecified atom stereocenters. The maximum absolute atomic E-state index is 13.6. The summed E-state index contributed by atoms with van der Waals surface area (Å²) in [7, 11) is 0. The van der Waals surface area contributed by atoms with Crippen molar-refractivity contribution in [3.63, 3.8) is 0 Å². The molecule has 1 spiro atoms. The van der Waals surface area contributed by atoms with Gasteiger partial charge in [0.05, 0.1) is 32.6 Å². The van der Waals surface area contributed by atoms with Crippen LogP contribution in [-0.4, -0.2) is 85.7 Å². The van der Waals surface area contributed by atoms with Gasteiger partial charge in [-0.2, -0.15) is 0 Å². The van der Waals surface area contributed by atoms with Crippen LogP contribution < -0.4 is 16.0 Å². The average Bonchev–Trinajstić information content (AvgIpc) is 3.70. The van der Waals surface area contributed by atoms with Crippen LogP contribution in [0.5, 0.6) is 0 Å². The van der Waals surface area contributed by atoms with E-state index in [9.17, 15) is 24.3 Å². The van der Waals surface area contributed by atoms with E-state index in [4.69, 9.17) is 4.98 Å². The van der Waals surface area contributed by atoms with Gasteiger partial charge in [-0.25, -0.2) is 9.97 Å². The van der Waals surface area contributed by atoms with Gasteiger partial charge in [-0.15, -0.1) is 11.3 Å². The monoisotopic (exact) mass is 802 g/mol. The number of benzene rings is 2. The molecule has 302 valence electrons. The zero-order chi connectivity index (χ0) is 40.3. The van der Waals surface area contributed by atoms with E-state index in [0.29, 0.717) is 52.1 Å². The maximum atomic E-state index is 13.6. The quantitative estimate of drug-likeness (QED) is 0.127. The molecule has 0 radical (unpaired) electrons. The first kappa shape index (κ1) is 38.5. The van der Waals surface area contributed by atoms with E-state index in [1.807, 2.05) is 30.3 Å². The fraction of sp³-hybridized carbons (Fsp3) is 0.477. The zero-order valence-corrected chi connectivity index (χ0v) is 33.9. The summed E-state index contributed by atoms with van der Waals surface area (Å²) in [6.07, 6.45) is 13.1. The summed E-state index contributed by atoms with van der Waals surface area (Å²) in [5, 5.41) is 20.9. The number of aromatic nitrogens is 3. The molecule has 2 aromatic carbocycles. The number of aliphatic hydroxyl groups is 1. The van der Waals surface area contributed by atoms with Crippen LogP contribution in [-0.2, 0) is 15.2 Å². The molecule has 5 heterocycles. The van der Waals surface area contributed by atoms with Gasteiger partial charge in [0.2, 0.25) is 11.8 Å². The van der Waals surface area contributed by atoms with Gasteiger partial charge in [0.1, 0.15) is 11.7 Å². The lowest BCUT2D eigenvalue weighted by atomic mass is 9.57. The molecule has 58 heavy (non-hydrogen) atoms. The Morgan fingerprint density at radius 2 is 1.84 bits per heavy atom. The number of nitrogens with one attached hydrogen (secondary N) is 3. The van der Waals surface area contributed by atoms with E-state index in [1.165, 1.54) is 68.8 Å². The Hall–Kier alpha value is -5.05. The van der Waals surface area contributed by atoms with Gasteiger partial charge in [0.25, 0.3) is 11.8 Å². The van der Waals surface area contributed by atoms with Crippen molar-refractivity contribution in [3.8, 4) is 0 Å². The third-order valence-electron chi connectivity index (χ3n) is 13.0. The number of piperidine rings is 1. The second-order valence-corrected chi connectivity index (χ2v) is 18.8. The number of nitrogens with zero attached hydrogens (tertiary/aromatic N) is 5. The van der Waals surface area contributed by atoms with Crippen LogP contribution in [0.2, 0.25) is 0 Å². The molecular weight excluding hydrogens is 753 g/mol. The highest BCUT2D eigenvalue weighted by atomic mass is 32.1. The second-order valence-electron chi connectivity index (χ2n) is 17.7. The Balaban J connectivity index is 0.728. The molecule has 2 aromatic heterocycles. The van der Waals surface area contributed by atoms with Crippen molar-refractivity contribution in [2.75, 3.05) is 36.8 Å². The molecule has 2 saturated heterocycles. The van der Waals surface area contributed by atoms with Crippen LogP contribution >= 0.6 is 11.3 Å². The molecule has 9 rings (SSSR count). The zero-order valence-electron chi connectivity index (χ0n) is 33.1. The number of imide groups is 1. The average molecular weight is 803 g/mol. The fourth-order valence-corrected chi connectivity index (χ4v) is 11.4. The van der Waals surface area contributed by atoms with E-state index >= 15 is 0 Å². The number of fused-ring (bicyclic) bond motifs is 2. The molecule has 3 aliphatic heterocycles. The van der Waals surface area contributed by atoms with Gasteiger partial charge in [-0.3, -0.25) is 34.4 Å². The first-order valence-corrected chi connectivity index (χ1v) is 21.4. The van der Waals surface area contributed by atoms with Gasteiger partial charge >= 0.3 is 0 Å². The Kier molecular flexibility index (Phi) is 9.92. The van der Waals surface area contributed by atoms with Crippen LogP contribution in [0.25, 0.3) is 15.9 Å². The van der Waals surface area contributed by atoms with Crippen molar-refractivity contribution >= 4 is 62.3 Å². The minimum absolute atomic E-state index is 0.204. The molecule has 4 fully saturated rings. The van der Waals surface area contributed by atoms with Gasteiger partial charge in [0.15, 0.2) is 0 Å². The summed E-state index contributed by atoms with van der Waals surface area (Å²) >= 11 is 1.69. The lowest BCUT2D eigenvalue weighted by Gasteiger charge is -2.60. The molecule has 2 aliphatic carbocycles. The van der Waals surface area contributed by atoms with Gasteiger partial charge in [-0.1, -0.05) is 18.7 Å². The summed E-state index contributed by atoms with van der Waals surface area (Å²) < 4.78 is 0.989. The summed E-state index contributed by atoms with van der Waals surface area (Å²) in [4.78, 5) is 68.1. The van der Waals surface area contributed by atoms with E-state index in [0.717, 1.165) is 52.3 Å². The van der Waals surface area contributed by atoms with E-state index in [2.05, 4.69) is 37.4 Å². The number of carbonyl (C=O) groups is 4. The number of likely N-dealkylation sites (tertiary alicyclic amines) is 1. The first-order valence-electron chi connectivity index (χ1n) is 20.5. The molecular formula is C44H50N8O5S. The predicted molar refractivity (Wildman–Crippen MR) is 222 cm³/mol. The Labute approximate surface area is 341 Å². The number of hydrogen-bond donors (Lipinski definition) is 4. The normalized spacial score (nSPS) is 23.4. The Morgan fingerprint density at radius 3 is 2.57 bits per heavy atom. The van der Waals surface area contributed by atoms with Gasteiger partial charge < -0.3 is 20.6 Å². The number of amides is 4. The van der Waals surface area contributed by atoms with Gasteiger partial charge in [-0.05, 0) is 101 Å². The molecule has 4 N–H and O–H groups in total. The standard InChI is InChI=1S/C44H50N8O5S/c1-25-29-5-4-6-31(38(29)42(56)52(25)35-11-12-37(53)50-40(35)55)46-14-13-27-19-44(20-27)23-51(24-44)22-26-7-9-28(10-8-26)41-49-33-17-30(43(2,3)57)32(18-36(33)58-41)48-39(54)34-21-45-15-16-47-34/h4-6,15-18,21,26-28,35,46,57H,1,7-14,19-20,22-24H2,2-3H3,(H,48,54)(H,50,53,55). The second kappa shape index (κ2) is 15.0. The third-order valence-corrected chi connectivity index (χ3v) is 14.2. The first-order chi connectivity index (χ1) is 27.8. The van der Waals surface area contributed by atoms with Crippen molar-refractivity contribution in [2.24, 2.45) is 17.3 Å². The molecule has 13 nitrogen and oxygen atoms in total. The highest BCUT2D eigenvalue weighted by molar-refractivity contribution is 7.18. The van der Waals surface area contributed by atoms with E-state index < -0.39 is 17.6 Å². The number of anilines is 2. The van der Waals surface area contributed by atoms with Crippen molar-refractivity contribution in [1.29, 1.82) is 0 Å². The summed E-state index contributed by atoms with van der Waals surface area (Å²) in [5.74, 6) is 0.424. The fourth-order valence-electron chi connectivity index (χ4n) is 10.2. The topological polar surface area (TPSA) is 170 Å². The smallest absolute Gasteiger partial charge is 0.275 e. The molecule has 14 heteroatoms. The molecule has 4 aromatic rings. The van der Waals surface area contributed by atoms with Crippen molar-refractivity contribution in [2.45, 2.75) is 89.2 Å². The molecule has 4 amide bonds. The minimum atomic E-state index is -1.18. The molecule has 1 atom stereocenters. The van der Waals surface area contributed by atoms with Crippen LogP contribution in [0.3, 0.4) is 0 Å². The maximum Gasteiger partial charge on any atom is 0.275 e. The highest BCUT2D eigenvalue weighted by Gasteiger charge is 2.52. The van der Waals surface area contributed by atoms with E-state index in [-0.39, 0.29) is 29.8 Å². The van der Waals surface area contributed by atoms with Crippen LogP contribution in [0.4, 0.5) is 11.4 Å².